The van der Waals surface area contributed by atoms with E-state index in [1.165, 1.54) is 38.5 Å². The molecule has 1 rings (SSSR count). The first kappa shape index (κ1) is 15.3. The van der Waals surface area contributed by atoms with Crippen LogP contribution in [0.1, 0.15) is 56.8 Å². The Morgan fingerprint density at radius 2 is 1.94 bits per heavy atom. The van der Waals surface area contributed by atoms with Crippen LogP contribution in [-0.4, -0.2) is 13.7 Å². The molecule has 3 heteroatoms. The summed E-state index contributed by atoms with van der Waals surface area (Å²) in [5.41, 5.74) is 1.16. The summed E-state index contributed by atoms with van der Waals surface area (Å²) in [5.74, 6) is 0.987. The zero-order chi connectivity index (χ0) is 13.1. The van der Waals surface area contributed by atoms with Gasteiger partial charge in [0.05, 0.1) is 19.4 Å². The van der Waals surface area contributed by atoms with Gasteiger partial charge in [-0.3, -0.25) is 0 Å². The molecule has 0 saturated carbocycles. The fraction of sp³-hybridized carbons (Fsp3) is 0.733. The predicted molar refractivity (Wildman–Crippen MR) is 74.5 cm³/mol. The highest BCUT2D eigenvalue weighted by molar-refractivity contribution is 5.15. The number of hydrogen-bond donors (Lipinski definition) is 1. The molecule has 1 aromatic rings. The molecule has 0 unspecified atom stereocenters. The van der Waals surface area contributed by atoms with Crippen molar-refractivity contribution in [3.63, 3.8) is 0 Å². The minimum absolute atomic E-state index is 0.669. The average molecular weight is 253 g/mol. The highest BCUT2D eigenvalue weighted by atomic mass is 16.5. The largest absolute Gasteiger partial charge is 0.468 e. The van der Waals surface area contributed by atoms with Gasteiger partial charge in [-0.25, -0.2) is 0 Å². The molecule has 0 amide bonds. The normalized spacial score (nSPS) is 11.0. The van der Waals surface area contributed by atoms with Gasteiger partial charge in [0.2, 0.25) is 0 Å². The van der Waals surface area contributed by atoms with Crippen molar-refractivity contribution in [2.24, 2.45) is 0 Å². The van der Waals surface area contributed by atoms with Crippen LogP contribution in [0.5, 0.6) is 0 Å². The lowest BCUT2D eigenvalue weighted by molar-refractivity contribution is 0.115. The summed E-state index contributed by atoms with van der Waals surface area (Å²) in [6.45, 7) is 4.54. The molecule has 0 saturated heterocycles. The lowest BCUT2D eigenvalue weighted by atomic mass is 10.1. The molecule has 1 N–H and O–H groups in total. The van der Waals surface area contributed by atoms with E-state index in [-0.39, 0.29) is 0 Å². The van der Waals surface area contributed by atoms with Crippen LogP contribution in [0, 0.1) is 0 Å². The Balaban J connectivity index is 2.01. The first-order valence-corrected chi connectivity index (χ1v) is 7.16. The number of unbranched alkanes of at least 4 members (excludes halogenated alkanes) is 5. The van der Waals surface area contributed by atoms with Crippen molar-refractivity contribution in [3.8, 4) is 0 Å². The summed E-state index contributed by atoms with van der Waals surface area (Å²) < 4.78 is 11.1. The van der Waals surface area contributed by atoms with Crippen molar-refractivity contribution in [2.45, 2.75) is 58.6 Å². The van der Waals surface area contributed by atoms with Gasteiger partial charge in [-0.05, 0) is 19.5 Å². The second kappa shape index (κ2) is 10.2. The van der Waals surface area contributed by atoms with E-state index in [1.54, 1.807) is 6.26 Å². The van der Waals surface area contributed by atoms with Gasteiger partial charge in [0, 0.05) is 12.2 Å². The third-order valence-electron chi connectivity index (χ3n) is 3.07. The molecule has 18 heavy (non-hydrogen) atoms. The lowest BCUT2D eigenvalue weighted by Gasteiger charge is -2.05. The van der Waals surface area contributed by atoms with Gasteiger partial charge in [-0.15, -0.1) is 0 Å². The van der Waals surface area contributed by atoms with E-state index < -0.39 is 0 Å². The first-order valence-electron chi connectivity index (χ1n) is 7.16. The van der Waals surface area contributed by atoms with E-state index in [1.807, 2.05) is 13.1 Å². The number of nitrogens with one attached hydrogen (secondary N) is 1. The minimum atomic E-state index is 0.669. The Morgan fingerprint density at radius 1 is 1.17 bits per heavy atom. The molecular weight excluding hydrogens is 226 g/mol. The Morgan fingerprint density at radius 3 is 2.72 bits per heavy atom. The molecule has 0 spiro atoms. The monoisotopic (exact) mass is 253 g/mol. The van der Waals surface area contributed by atoms with Crippen LogP contribution in [0.4, 0.5) is 0 Å². The van der Waals surface area contributed by atoms with Gasteiger partial charge in [0.1, 0.15) is 5.76 Å². The highest BCUT2D eigenvalue weighted by Gasteiger charge is 2.04. The van der Waals surface area contributed by atoms with E-state index in [4.69, 9.17) is 9.15 Å². The zero-order valence-corrected chi connectivity index (χ0v) is 11.8. The maximum atomic E-state index is 5.68. The lowest BCUT2D eigenvalue weighted by Crippen LogP contribution is -2.06. The molecule has 0 aliphatic heterocycles. The summed E-state index contributed by atoms with van der Waals surface area (Å²) in [6, 6.07) is 1.99. The second-order valence-electron chi connectivity index (χ2n) is 4.72. The summed E-state index contributed by atoms with van der Waals surface area (Å²) in [7, 11) is 1.92. The van der Waals surface area contributed by atoms with Gasteiger partial charge in [-0.2, -0.15) is 0 Å². The van der Waals surface area contributed by atoms with Crippen molar-refractivity contribution >= 4 is 0 Å². The van der Waals surface area contributed by atoms with Crippen molar-refractivity contribution in [1.82, 2.24) is 5.32 Å². The molecule has 0 radical (unpaired) electrons. The maximum Gasteiger partial charge on any atom is 0.123 e. The van der Waals surface area contributed by atoms with Crippen molar-refractivity contribution in [3.05, 3.63) is 23.7 Å². The van der Waals surface area contributed by atoms with Crippen LogP contribution in [0.25, 0.3) is 0 Å². The first-order chi connectivity index (χ1) is 8.88. The average Bonchev–Trinajstić information content (AvgIpc) is 2.81. The molecule has 1 aromatic heterocycles. The maximum absolute atomic E-state index is 5.68. The van der Waals surface area contributed by atoms with E-state index in [9.17, 15) is 0 Å². The van der Waals surface area contributed by atoms with Crippen LogP contribution >= 0.6 is 0 Å². The quantitative estimate of drug-likeness (QED) is 0.608. The molecule has 3 nitrogen and oxygen atoms in total. The highest BCUT2D eigenvalue weighted by Crippen LogP contribution is 2.12. The Kier molecular flexibility index (Phi) is 8.61. The summed E-state index contributed by atoms with van der Waals surface area (Å²) >= 11 is 0. The molecule has 1 heterocycles. The van der Waals surface area contributed by atoms with E-state index in [0.717, 1.165) is 24.5 Å². The smallest absolute Gasteiger partial charge is 0.123 e. The predicted octanol–water partition coefficient (Wildman–Crippen LogP) is 3.88. The van der Waals surface area contributed by atoms with Gasteiger partial charge in [0.15, 0.2) is 0 Å². The van der Waals surface area contributed by atoms with Crippen molar-refractivity contribution in [1.29, 1.82) is 0 Å². The topological polar surface area (TPSA) is 34.4 Å². The molecule has 0 bridgehead atoms. The van der Waals surface area contributed by atoms with E-state index in [0.29, 0.717) is 6.61 Å². The molecule has 0 fully saturated rings. The fourth-order valence-corrected chi connectivity index (χ4v) is 1.98. The van der Waals surface area contributed by atoms with Gasteiger partial charge < -0.3 is 14.5 Å². The SMILES string of the molecule is CCCCCCCCOCc1ccoc1CNC. The standard InChI is InChI=1S/C15H27NO2/c1-3-4-5-6-7-8-10-17-13-14-9-11-18-15(14)12-16-2/h9,11,16H,3-8,10,12-13H2,1-2H3. The number of furan rings is 1. The number of rotatable bonds is 11. The van der Waals surface area contributed by atoms with Crippen molar-refractivity contribution in [2.75, 3.05) is 13.7 Å². The summed E-state index contributed by atoms with van der Waals surface area (Å²) in [4.78, 5) is 0. The van der Waals surface area contributed by atoms with Gasteiger partial charge in [-0.1, -0.05) is 39.0 Å². The third kappa shape index (κ3) is 6.22. The minimum Gasteiger partial charge on any atom is -0.468 e. The van der Waals surface area contributed by atoms with Crippen molar-refractivity contribution < 1.29 is 9.15 Å². The van der Waals surface area contributed by atoms with Crippen LogP contribution in [0.2, 0.25) is 0 Å². The van der Waals surface area contributed by atoms with Crippen LogP contribution in [-0.2, 0) is 17.9 Å². The van der Waals surface area contributed by atoms with Crippen LogP contribution in [0.15, 0.2) is 16.7 Å². The number of ether oxygens (including phenoxy) is 1. The Hall–Kier alpha value is -0.800. The van der Waals surface area contributed by atoms with E-state index in [2.05, 4.69) is 12.2 Å². The third-order valence-corrected chi connectivity index (χ3v) is 3.07. The van der Waals surface area contributed by atoms with Crippen LogP contribution in [0.3, 0.4) is 0 Å². The molecule has 0 aromatic carbocycles. The van der Waals surface area contributed by atoms with E-state index >= 15 is 0 Å². The number of hydrogen-bond acceptors (Lipinski definition) is 3. The van der Waals surface area contributed by atoms with Crippen LogP contribution < -0.4 is 5.32 Å². The fourth-order valence-electron chi connectivity index (χ4n) is 1.98. The zero-order valence-electron chi connectivity index (χ0n) is 11.8. The molecule has 104 valence electrons. The second-order valence-corrected chi connectivity index (χ2v) is 4.72. The van der Waals surface area contributed by atoms with Gasteiger partial charge >= 0.3 is 0 Å². The molecular formula is C15H27NO2. The Bertz CT molecular complexity index is 296. The molecule has 0 aliphatic carbocycles. The van der Waals surface area contributed by atoms with Gasteiger partial charge in [0.25, 0.3) is 0 Å². The molecule has 0 atom stereocenters. The summed E-state index contributed by atoms with van der Waals surface area (Å²) in [6.07, 6.45) is 9.57. The molecule has 0 aliphatic rings. The Labute approximate surface area is 111 Å². The summed E-state index contributed by atoms with van der Waals surface area (Å²) in [5, 5.41) is 3.09.